The molecular formula is C17H26N2O. The number of fused-ring (bicyclic) bond motifs is 1. The van der Waals surface area contributed by atoms with Gasteiger partial charge >= 0.3 is 0 Å². The normalized spacial score (nSPS) is 31.0. The minimum Gasteiger partial charge on any atom is -0.376 e. The number of nitrogens with one attached hydrogen (secondary N) is 1. The number of hydrazine groups is 1. The van der Waals surface area contributed by atoms with E-state index in [9.17, 15) is 0 Å². The molecule has 3 N–H and O–H groups in total. The quantitative estimate of drug-likeness (QED) is 0.655. The van der Waals surface area contributed by atoms with E-state index in [0.717, 1.165) is 19.4 Å². The minimum absolute atomic E-state index is 0.267. The third kappa shape index (κ3) is 2.76. The predicted octanol–water partition coefficient (Wildman–Crippen LogP) is 2.75. The molecule has 1 aliphatic heterocycles. The Morgan fingerprint density at radius 3 is 2.95 bits per heavy atom. The Labute approximate surface area is 121 Å². The fourth-order valence-corrected chi connectivity index (χ4v) is 3.93. The highest BCUT2D eigenvalue weighted by atomic mass is 16.5. The van der Waals surface area contributed by atoms with Crippen LogP contribution in [0.25, 0.3) is 0 Å². The lowest BCUT2D eigenvalue weighted by Crippen LogP contribution is -2.46. The molecule has 1 saturated heterocycles. The molecule has 0 saturated carbocycles. The first-order valence-corrected chi connectivity index (χ1v) is 7.95. The van der Waals surface area contributed by atoms with Crippen LogP contribution in [0.2, 0.25) is 0 Å². The molecule has 4 atom stereocenters. The van der Waals surface area contributed by atoms with E-state index in [-0.39, 0.29) is 12.1 Å². The van der Waals surface area contributed by atoms with Crippen LogP contribution >= 0.6 is 0 Å². The number of aryl methyl sites for hydroxylation is 1. The molecule has 3 heteroatoms. The smallest absolute Gasteiger partial charge is 0.0767 e. The summed E-state index contributed by atoms with van der Waals surface area (Å²) in [7, 11) is 0. The first-order chi connectivity index (χ1) is 9.79. The van der Waals surface area contributed by atoms with Gasteiger partial charge < -0.3 is 4.74 Å². The van der Waals surface area contributed by atoms with Crippen molar-refractivity contribution in [3.63, 3.8) is 0 Å². The molecule has 0 radical (unpaired) electrons. The number of hydrogen-bond donors (Lipinski definition) is 2. The Kier molecular flexibility index (Phi) is 4.39. The molecule has 2 aliphatic rings. The number of benzene rings is 1. The van der Waals surface area contributed by atoms with Crippen molar-refractivity contribution in [3.8, 4) is 0 Å². The Hall–Kier alpha value is -0.900. The largest absolute Gasteiger partial charge is 0.376 e. The van der Waals surface area contributed by atoms with Crippen molar-refractivity contribution in [1.82, 2.24) is 5.43 Å². The highest BCUT2D eigenvalue weighted by molar-refractivity contribution is 5.32. The number of ether oxygens (including phenoxy) is 1. The highest BCUT2D eigenvalue weighted by Crippen LogP contribution is 2.36. The lowest BCUT2D eigenvalue weighted by molar-refractivity contribution is 0.0553. The molecule has 1 fully saturated rings. The average molecular weight is 274 g/mol. The molecule has 3 rings (SSSR count). The van der Waals surface area contributed by atoms with Crippen LogP contribution < -0.4 is 11.3 Å². The van der Waals surface area contributed by atoms with Gasteiger partial charge in [-0.3, -0.25) is 11.3 Å². The van der Waals surface area contributed by atoms with Gasteiger partial charge in [0.2, 0.25) is 0 Å². The maximum atomic E-state index is 5.91. The summed E-state index contributed by atoms with van der Waals surface area (Å²) in [5.74, 6) is 7.05. The first-order valence-electron chi connectivity index (χ1n) is 7.95. The van der Waals surface area contributed by atoms with Gasteiger partial charge in [-0.25, -0.2) is 0 Å². The fraction of sp³-hybridized carbons (Fsp3) is 0.647. The molecular weight excluding hydrogens is 248 g/mol. The van der Waals surface area contributed by atoms with E-state index >= 15 is 0 Å². The van der Waals surface area contributed by atoms with Crippen LogP contribution in [0.4, 0.5) is 0 Å². The summed E-state index contributed by atoms with van der Waals surface area (Å²) >= 11 is 0. The fourth-order valence-electron chi connectivity index (χ4n) is 3.93. The number of nitrogens with two attached hydrogens (primary N) is 1. The molecule has 1 heterocycles. The van der Waals surface area contributed by atoms with Crippen LogP contribution in [-0.2, 0) is 11.2 Å². The van der Waals surface area contributed by atoms with Crippen molar-refractivity contribution < 1.29 is 4.74 Å². The minimum atomic E-state index is 0.267. The number of hydrogen-bond acceptors (Lipinski definition) is 3. The lowest BCUT2D eigenvalue weighted by atomic mass is 9.78. The van der Waals surface area contributed by atoms with Crippen molar-refractivity contribution in [1.29, 1.82) is 0 Å². The van der Waals surface area contributed by atoms with Gasteiger partial charge in [0.1, 0.15) is 0 Å². The van der Waals surface area contributed by atoms with Crippen LogP contribution in [0.15, 0.2) is 24.3 Å². The molecule has 4 unspecified atom stereocenters. The van der Waals surface area contributed by atoms with Gasteiger partial charge in [-0.2, -0.15) is 0 Å². The molecule has 1 aromatic carbocycles. The average Bonchev–Trinajstić information content (AvgIpc) is 2.91. The Morgan fingerprint density at radius 2 is 2.20 bits per heavy atom. The van der Waals surface area contributed by atoms with E-state index < -0.39 is 0 Å². The molecule has 0 bridgehead atoms. The van der Waals surface area contributed by atoms with Gasteiger partial charge in [0.15, 0.2) is 0 Å². The van der Waals surface area contributed by atoms with E-state index in [4.69, 9.17) is 10.6 Å². The predicted molar refractivity (Wildman–Crippen MR) is 81.4 cm³/mol. The second-order valence-corrected chi connectivity index (χ2v) is 6.40. The summed E-state index contributed by atoms with van der Waals surface area (Å²) < 4.78 is 5.91. The van der Waals surface area contributed by atoms with E-state index in [1.165, 1.54) is 30.4 Å². The standard InChI is InChI=1S/C17H26N2O/c1-12-9-10-20-17(12)16(19-18)11-14-7-4-6-13-5-2-3-8-15(13)14/h2-3,5,8,12,14,16-17,19H,4,6-7,9-11,18H2,1H3. The van der Waals surface area contributed by atoms with E-state index in [2.05, 4.69) is 36.6 Å². The second kappa shape index (κ2) is 6.25. The summed E-state index contributed by atoms with van der Waals surface area (Å²) in [6, 6.07) is 9.16. The lowest BCUT2D eigenvalue weighted by Gasteiger charge is -2.32. The topological polar surface area (TPSA) is 47.3 Å². The number of rotatable bonds is 4. The van der Waals surface area contributed by atoms with Crippen LogP contribution in [0, 0.1) is 5.92 Å². The van der Waals surface area contributed by atoms with Gasteiger partial charge in [-0.05, 0) is 55.1 Å². The zero-order chi connectivity index (χ0) is 13.9. The zero-order valence-electron chi connectivity index (χ0n) is 12.3. The molecule has 0 aromatic heterocycles. The summed E-state index contributed by atoms with van der Waals surface area (Å²) in [5.41, 5.74) is 6.09. The van der Waals surface area contributed by atoms with Crippen LogP contribution in [0.5, 0.6) is 0 Å². The molecule has 3 nitrogen and oxygen atoms in total. The second-order valence-electron chi connectivity index (χ2n) is 6.40. The maximum absolute atomic E-state index is 5.91. The van der Waals surface area contributed by atoms with Crippen molar-refractivity contribution in [2.75, 3.05) is 6.61 Å². The third-order valence-electron chi connectivity index (χ3n) is 5.09. The van der Waals surface area contributed by atoms with Crippen LogP contribution in [0.3, 0.4) is 0 Å². The first kappa shape index (κ1) is 14.1. The highest BCUT2D eigenvalue weighted by Gasteiger charge is 2.34. The van der Waals surface area contributed by atoms with Gasteiger partial charge in [-0.15, -0.1) is 0 Å². The molecule has 110 valence electrons. The van der Waals surface area contributed by atoms with Gasteiger partial charge in [0.05, 0.1) is 6.10 Å². The molecule has 1 aromatic rings. The van der Waals surface area contributed by atoms with E-state index in [1.54, 1.807) is 0 Å². The molecule has 0 amide bonds. The van der Waals surface area contributed by atoms with Gasteiger partial charge in [0, 0.05) is 12.6 Å². The van der Waals surface area contributed by atoms with Crippen molar-refractivity contribution in [2.45, 2.75) is 57.1 Å². The van der Waals surface area contributed by atoms with Crippen molar-refractivity contribution >= 4 is 0 Å². The molecule has 1 aliphatic carbocycles. The van der Waals surface area contributed by atoms with Crippen LogP contribution in [-0.4, -0.2) is 18.8 Å². The summed E-state index contributed by atoms with van der Waals surface area (Å²) in [4.78, 5) is 0. The van der Waals surface area contributed by atoms with E-state index in [1.807, 2.05) is 0 Å². The zero-order valence-corrected chi connectivity index (χ0v) is 12.3. The summed E-state index contributed by atoms with van der Waals surface area (Å²) in [6.07, 6.45) is 6.31. The summed E-state index contributed by atoms with van der Waals surface area (Å²) in [6.45, 7) is 3.15. The Bertz CT molecular complexity index is 448. The van der Waals surface area contributed by atoms with Gasteiger partial charge in [-0.1, -0.05) is 31.2 Å². The van der Waals surface area contributed by atoms with Gasteiger partial charge in [0.25, 0.3) is 0 Å². The molecule has 20 heavy (non-hydrogen) atoms. The molecule has 0 spiro atoms. The monoisotopic (exact) mass is 274 g/mol. The van der Waals surface area contributed by atoms with Crippen molar-refractivity contribution in [2.24, 2.45) is 11.8 Å². The Balaban J connectivity index is 1.73. The maximum Gasteiger partial charge on any atom is 0.0767 e. The Morgan fingerprint density at radius 1 is 1.35 bits per heavy atom. The van der Waals surface area contributed by atoms with E-state index in [0.29, 0.717) is 11.8 Å². The van der Waals surface area contributed by atoms with Crippen molar-refractivity contribution in [3.05, 3.63) is 35.4 Å². The van der Waals surface area contributed by atoms with Crippen LogP contribution in [0.1, 0.15) is 49.7 Å². The third-order valence-corrected chi connectivity index (χ3v) is 5.09. The SMILES string of the molecule is CC1CCOC1C(CC1CCCc2ccccc21)NN. The summed E-state index contributed by atoms with van der Waals surface area (Å²) in [5, 5.41) is 0.